The zero-order valence-electron chi connectivity index (χ0n) is 6.81. The molecular weight excluding hydrogens is 237 g/mol. The Bertz CT molecular complexity index is 331. The molecule has 1 aromatic carbocycles. The zero-order valence-corrected chi connectivity index (χ0v) is 8.32. The first-order valence-electron chi connectivity index (χ1n) is 3.58. The van der Waals surface area contributed by atoms with Crippen LogP contribution in [0, 0.1) is 0 Å². The molecule has 0 aliphatic rings. The van der Waals surface area contributed by atoms with Gasteiger partial charge in [-0.3, -0.25) is 0 Å². The van der Waals surface area contributed by atoms with Crippen LogP contribution in [0.3, 0.4) is 0 Å². The van der Waals surface area contributed by atoms with Gasteiger partial charge in [-0.2, -0.15) is 8.78 Å². The van der Waals surface area contributed by atoms with Gasteiger partial charge in [0.1, 0.15) is 5.75 Å². The predicted molar refractivity (Wildman–Crippen MR) is 49.0 cm³/mol. The number of rotatable bonds is 3. The van der Waals surface area contributed by atoms with Gasteiger partial charge in [0.25, 0.3) is 0 Å². The van der Waals surface area contributed by atoms with Crippen molar-refractivity contribution >= 4 is 23.2 Å². The van der Waals surface area contributed by atoms with Gasteiger partial charge < -0.3 is 9.84 Å². The molecule has 0 aromatic heterocycles. The van der Waals surface area contributed by atoms with Crippen molar-refractivity contribution in [2.24, 2.45) is 0 Å². The Balaban J connectivity index is 3.08. The summed E-state index contributed by atoms with van der Waals surface area (Å²) in [5, 5.41) is 8.93. The lowest BCUT2D eigenvalue weighted by molar-refractivity contribution is -0.0498. The summed E-state index contributed by atoms with van der Waals surface area (Å²) >= 11 is 11.2. The van der Waals surface area contributed by atoms with Crippen LogP contribution in [0.2, 0.25) is 10.0 Å². The molecule has 14 heavy (non-hydrogen) atoms. The van der Waals surface area contributed by atoms with Crippen LogP contribution in [-0.4, -0.2) is 11.7 Å². The highest BCUT2D eigenvalue weighted by Gasteiger charge is 2.12. The Morgan fingerprint density at radius 2 is 2.00 bits per heavy atom. The Hall–Kier alpha value is -0.580. The predicted octanol–water partition coefficient (Wildman–Crippen LogP) is 3.09. The van der Waals surface area contributed by atoms with E-state index in [1.807, 2.05) is 0 Å². The third-order valence-electron chi connectivity index (χ3n) is 1.47. The van der Waals surface area contributed by atoms with Crippen LogP contribution in [0.15, 0.2) is 12.1 Å². The SMILES string of the molecule is OCc1cc(Cl)cc(OC(F)F)c1Cl. The molecule has 0 saturated heterocycles. The Labute approximate surface area is 89.0 Å². The summed E-state index contributed by atoms with van der Waals surface area (Å²) in [4.78, 5) is 0. The lowest BCUT2D eigenvalue weighted by atomic mass is 10.2. The van der Waals surface area contributed by atoms with Crippen molar-refractivity contribution < 1.29 is 18.6 Å². The molecular formula is C8H6Cl2F2O2. The van der Waals surface area contributed by atoms with E-state index in [9.17, 15) is 8.78 Å². The topological polar surface area (TPSA) is 29.5 Å². The van der Waals surface area contributed by atoms with Gasteiger partial charge in [-0.15, -0.1) is 0 Å². The molecule has 0 spiro atoms. The molecule has 0 saturated carbocycles. The van der Waals surface area contributed by atoms with Crippen LogP contribution < -0.4 is 4.74 Å². The fourth-order valence-electron chi connectivity index (χ4n) is 0.915. The van der Waals surface area contributed by atoms with Crippen molar-refractivity contribution in [3.63, 3.8) is 0 Å². The summed E-state index contributed by atoms with van der Waals surface area (Å²) in [5.41, 5.74) is 0.245. The second-order valence-electron chi connectivity index (χ2n) is 2.41. The maximum absolute atomic E-state index is 11.9. The van der Waals surface area contributed by atoms with Crippen LogP contribution in [0.4, 0.5) is 8.78 Å². The highest BCUT2D eigenvalue weighted by atomic mass is 35.5. The van der Waals surface area contributed by atoms with E-state index in [0.29, 0.717) is 0 Å². The first-order valence-corrected chi connectivity index (χ1v) is 4.33. The molecule has 1 N–H and O–H groups in total. The molecule has 2 nitrogen and oxygen atoms in total. The van der Waals surface area contributed by atoms with Gasteiger partial charge in [-0.1, -0.05) is 23.2 Å². The van der Waals surface area contributed by atoms with Crippen LogP contribution in [0.5, 0.6) is 5.75 Å². The summed E-state index contributed by atoms with van der Waals surface area (Å²) in [7, 11) is 0. The summed E-state index contributed by atoms with van der Waals surface area (Å²) < 4.78 is 27.9. The zero-order chi connectivity index (χ0) is 10.7. The van der Waals surface area contributed by atoms with Gasteiger partial charge in [0.2, 0.25) is 0 Å². The van der Waals surface area contributed by atoms with Gasteiger partial charge in [-0.05, 0) is 6.07 Å². The highest BCUT2D eigenvalue weighted by molar-refractivity contribution is 6.34. The smallest absolute Gasteiger partial charge is 0.387 e. The molecule has 0 bridgehead atoms. The average Bonchev–Trinajstić information content (AvgIpc) is 2.09. The fourth-order valence-corrected chi connectivity index (χ4v) is 1.36. The van der Waals surface area contributed by atoms with Crippen molar-refractivity contribution in [3.8, 4) is 5.75 Å². The maximum atomic E-state index is 11.9. The van der Waals surface area contributed by atoms with Crippen molar-refractivity contribution in [2.75, 3.05) is 0 Å². The molecule has 1 aromatic rings. The average molecular weight is 243 g/mol. The number of halogens is 4. The standard InChI is InChI=1S/C8H6Cl2F2O2/c9-5-1-4(3-13)7(10)6(2-5)14-8(11)12/h1-2,8,13H,3H2. The summed E-state index contributed by atoms with van der Waals surface area (Å²) in [6.45, 7) is -3.36. The van der Waals surface area contributed by atoms with Gasteiger partial charge in [0.15, 0.2) is 0 Å². The van der Waals surface area contributed by atoms with E-state index in [2.05, 4.69) is 4.74 Å². The minimum Gasteiger partial charge on any atom is -0.433 e. The molecule has 0 unspecified atom stereocenters. The van der Waals surface area contributed by atoms with E-state index >= 15 is 0 Å². The quantitative estimate of drug-likeness (QED) is 0.883. The minimum atomic E-state index is -2.97. The minimum absolute atomic E-state index is 0.0581. The first kappa shape index (κ1) is 11.5. The van der Waals surface area contributed by atoms with Crippen LogP contribution >= 0.6 is 23.2 Å². The van der Waals surface area contributed by atoms with E-state index in [4.69, 9.17) is 28.3 Å². The van der Waals surface area contributed by atoms with E-state index in [1.165, 1.54) is 6.07 Å². The number of hydrogen-bond acceptors (Lipinski definition) is 2. The third-order valence-corrected chi connectivity index (χ3v) is 2.11. The number of aliphatic hydroxyl groups excluding tert-OH is 1. The van der Waals surface area contributed by atoms with Gasteiger partial charge in [0.05, 0.1) is 11.6 Å². The Morgan fingerprint density at radius 3 is 2.50 bits per heavy atom. The summed E-state index contributed by atoms with van der Waals surface area (Å²) in [6.07, 6.45) is 0. The second kappa shape index (κ2) is 4.77. The molecule has 0 amide bonds. The molecule has 1 rings (SSSR count). The Kier molecular flexibility index (Phi) is 3.92. The third kappa shape index (κ3) is 2.70. The van der Waals surface area contributed by atoms with E-state index < -0.39 is 6.61 Å². The molecule has 0 radical (unpaired) electrons. The van der Waals surface area contributed by atoms with Crippen LogP contribution in [0.1, 0.15) is 5.56 Å². The fraction of sp³-hybridized carbons (Fsp3) is 0.250. The molecule has 0 aliphatic carbocycles. The van der Waals surface area contributed by atoms with Crippen molar-refractivity contribution in [3.05, 3.63) is 27.7 Å². The first-order chi connectivity index (χ1) is 6.54. The molecule has 0 atom stereocenters. The van der Waals surface area contributed by atoms with Crippen molar-refractivity contribution in [1.82, 2.24) is 0 Å². The summed E-state index contributed by atoms with van der Waals surface area (Å²) in [6, 6.07) is 2.54. The van der Waals surface area contributed by atoms with E-state index in [0.717, 1.165) is 6.07 Å². The number of aliphatic hydroxyl groups is 1. The van der Waals surface area contributed by atoms with Crippen LogP contribution in [-0.2, 0) is 6.61 Å². The summed E-state index contributed by atoms with van der Waals surface area (Å²) in [5.74, 6) is -0.238. The molecule has 0 heterocycles. The number of hydrogen-bond donors (Lipinski definition) is 1. The number of benzene rings is 1. The van der Waals surface area contributed by atoms with Gasteiger partial charge in [0, 0.05) is 16.7 Å². The van der Waals surface area contributed by atoms with E-state index in [-0.39, 0.29) is 28.0 Å². The van der Waals surface area contributed by atoms with Gasteiger partial charge >= 0.3 is 6.61 Å². The molecule has 0 aliphatic heterocycles. The maximum Gasteiger partial charge on any atom is 0.387 e. The van der Waals surface area contributed by atoms with Crippen molar-refractivity contribution in [2.45, 2.75) is 13.2 Å². The van der Waals surface area contributed by atoms with Crippen molar-refractivity contribution in [1.29, 1.82) is 0 Å². The molecule has 78 valence electrons. The Morgan fingerprint density at radius 1 is 1.36 bits per heavy atom. The highest BCUT2D eigenvalue weighted by Crippen LogP contribution is 2.33. The monoisotopic (exact) mass is 242 g/mol. The van der Waals surface area contributed by atoms with E-state index in [1.54, 1.807) is 0 Å². The normalized spacial score (nSPS) is 10.7. The lowest BCUT2D eigenvalue weighted by Crippen LogP contribution is -2.03. The molecule has 0 fully saturated rings. The van der Waals surface area contributed by atoms with Gasteiger partial charge in [-0.25, -0.2) is 0 Å². The molecule has 6 heteroatoms. The number of alkyl halides is 2. The second-order valence-corrected chi connectivity index (χ2v) is 3.23. The largest absolute Gasteiger partial charge is 0.433 e. The lowest BCUT2D eigenvalue weighted by Gasteiger charge is -2.09. The number of ether oxygens (including phenoxy) is 1. The van der Waals surface area contributed by atoms with Crippen LogP contribution in [0.25, 0.3) is 0 Å².